The van der Waals surface area contributed by atoms with Crippen molar-refractivity contribution in [1.29, 1.82) is 0 Å². The smallest absolute Gasteiger partial charge is 0.260 e. The minimum absolute atomic E-state index is 0.115. The Kier molecular flexibility index (Phi) is 6.13. The lowest BCUT2D eigenvalue weighted by atomic mass is 10.1. The molecule has 0 aliphatic heterocycles. The van der Waals surface area contributed by atoms with Crippen molar-refractivity contribution in [3.8, 4) is 17.2 Å². The SMILES string of the molecule is Cc1ccc(-c2nnc(CN(C)C(=O)COc3ccc(Cl)cc3Br)o2)cc1. The molecule has 0 unspecified atom stereocenters. The summed E-state index contributed by atoms with van der Waals surface area (Å²) in [5.41, 5.74) is 1.99. The van der Waals surface area contributed by atoms with Crippen LogP contribution in [-0.4, -0.2) is 34.7 Å². The third-order valence-electron chi connectivity index (χ3n) is 3.81. The van der Waals surface area contributed by atoms with E-state index in [1.807, 2.05) is 31.2 Å². The summed E-state index contributed by atoms with van der Waals surface area (Å²) >= 11 is 9.24. The monoisotopic (exact) mass is 449 g/mol. The van der Waals surface area contributed by atoms with Crippen molar-refractivity contribution >= 4 is 33.4 Å². The van der Waals surface area contributed by atoms with Crippen LogP contribution < -0.4 is 4.74 Å². The van der Waals surface area contributed by atoms with Gasteiger partial charge >= 0.3 is 0 Å². The molecule has 1 amide bonds. The van der Waals surface area contributed by atoms with Crippen molar-refractivity contribution in [3.05, 3.63) is 63.4 Å². The van der Waals surface area contributed by atoms with Crippen molar-refractivity contribution in [1.82, 2.24) is 15.1 Å². The highest BCUT2D eigenvalue weighted by molar-refractivity contribution is 9.10. The minimum Gasteiger partial charge on any atom is -0.483 e. The summed E-state index contributed by atoms with van der Waals surface area (Å²) in [5, 5.41) is 8.63. The van der Waals surface area contributed by atoms with Gasteiger partial charge in [0.1, 0.15) is 5.75 Å². The van der Waals surface area contributed by atoms with Gasteiger partial charge in [0, 0.05) is 17.6 Å². The van der Waals surface area contributed by atoms with Gasteiger partial charge in [0.25, 0.3) is 5.91 Å². The van der Waals surface area contributed by atoms with Crippen LogP contribution in [0.4, 0.5) is 0 Å². The van der Waals surface area contributed by atoms with Crippen LogP contribution in [0.15, 0.2) is 51.4 Å². The largest absolute Gasteiger partial charge is 0.483 e. The van der Waals surface area contributed by atoms with Gasteiger partial charge in [-0.1, -0.05) is 29.3 Å². The second kappa shape index (κ2) is 8.54. The summed E-state index contributed by atoms with van der Waals surface area (Å²) in [7, 11) is 1.65. The predicted octanol–water partition coefficient (Wildman–Crippen LogP) is 4.50. The Labute approximate surface area is 170 Å². The van der Waals surface area contributed by atoms with Gasteiger partial charge in [-0.3, -0.25) is 4.79 Å². The molecule has 0 aliphatic carbocycles. The molecule has 0 radical (unpaired) electrons. The fourth-order valence-electron chi connectivity index (χ4n) is 2.26. The number of hydrogen-bond donors (Lipinski definition) is 0. The van der Waals surface area contributed by atoms with Gasteiger partial charge in [0.2, 0.25) is 11.8 Å². The number of likely N-dealkylation sites (N-methyl/N-ethyl adjacent to an activating group) is 1. The maximum absolute atomic E-state index is 12.3. The van der Waals surface area contributed by atoms with Gasteiger partial charge in [-0.05, 0) is 53.2 Å². The molecule has 27 heavy (non-hydrogen) atoms. The Balaban J connectivity index is 1.57. The lowest BCUT2D eigenvalue weighted by molar-refractivity contribution is -0.132. The summed E-state index contributed by atoms with van der Waals surface area (Å²) in [5.74, 6) is 1.11. The average molecular weight is 451 g/mol. The molecule has 140 valence electrons. The molecule has 0 N–H and O–H groups in total. The van der Waals surface area contributed by atoms with Crippen molar-refractivity contribution in [2.75, 3.05) is 13.7 Å². The van der Waals surface area contributed by atoms with Crippen LogP contribution in [0.2, 0.25) is 5.02 Å². The minimum atomic E-state index is -0.216. The van der Waals surface area contributed by atoms with Crippen LogP contribution in [0.25, 0.3) is 11.5 Å². The van der Waals surface area contributed by atoms with Gasteiger partial charge < -0.3 is 14.1 Å². The summed E-state index contributed by atoms with van der Waals surface area (Å²) in [6.45, 7) is 2.09. The zero-order valence-electron chi connectivity index (χ0n) is 14.8. The number of hydrogen-bond acceptors (Lipinski definition) is 5. The summed E-state index contributed by atoms with van der Waals surface area (Å²) < 4.78 is 11.9. The quantitative estimate of drug-likeness (QED) is 0.553. The zero-order valence-corrected chi connectivity index (χ0v) is 17.1. The van der Waals surface area contributed by atoms with E-state index >= 15 is 0 Å². The number of rotatable bonds is 6. The number of amides is 1. The van der Waals surface area contributed by atoms with E-state index in [2.05, 4.69) is 26.1 Å². The topological polar surface area (TPSA) is 68.5 Å². The van der Waals surface area contributed by atoms with E-state index in [0.717, 1.165) is 11.1 Å². The molecule has 0 fully saturated rings. The van der Waals surface area contributed by atoms with E-state index in [4.69, 9.17) is 20.8 Å². The second-order valence-electron chi connectivity index (χ2n) is 5.98. The molecule has 0 saturated heterocycles. The molecule has 3 aromatic rings. The molecule has 8 heteroatoms. The number of halogens is 2. The van der Waals surface area contributed by atoms with Gasteiger partial charge in [0.15, 0.2) is 6.61 Å². The molecule has 0 bridgehead atoms. The molecule has 0 spiro atoms. The first kappa shape index (κ1) is 19.4. The van der Waals surface area contributed by atoms with E-state index in [1.165, 1.54) is 4.90 Å². The fourth-order valence-corrected chi connectivity index (χ4v) is 3.06. The van der Waals surface area contributed by atoms with Gasteiger partial charge in [-0.15, -0.1) is 10.2 Å². The molecular formula is C19H17BrClN3O3. The number of nitrogens with zero attached hydrogens (tertiary/aromatic N) is 3. The zero-order chi connectivity index (χ0) is 19.4. The molecule has 0 aliphatic rings. The van der Waals surface area contributed by atoms with E-state index in [9.17, 15) is 4.79 Å². The lowest BCUT2D eigenvalue weighted by Gasteiger charge is -2.15. The first-order valence-corrected chi connectivity index (χ1v) is 9.30. The van der Waals surface area contributed by atoms with Crippen LogP contribution in [0.3, 0.4) is 0 Å². The molecular weight excluding hydrogens is 434 g/mol. The van der Waals surface area contributed by atoms with Crippen molar-refractivity contribution < 1.29 is 13.9 Å². The Morgan fingerprint density at radius 1 is 1.22 bits per heavy atom. The number of aromatic nitrogens is 2. The van der Waals surface area contributed by atoms with Gasteiger partial charge in [-0.2, -0.15) is 0 Å². The normalized spacial score (nSPS) is 10.7. The first-order chi connectivity index (χ1) is 12.9. The van der Waals surface area contributed by atoms with Crippen LogP contribution in [-0.2, 0) is 11.3 Å². The van der Waals surface area contributed by atoms with Crippen LogP contribution >= 0.6 is 27.5 Å². The second-order valence-corrected chi connectivity index (χ2v) is 7.27. The van der Waals surface area contributed by atoms with Crippen LogP contribution in [0, 0.1) is 6.92 Å². The molecule has 2 aromatic carbocycles. The number of aryl methyl sites for hydroxylation is 1. The molecule has 0 atom stereocenters. The van der Waals surface area contributed by atoms with E-state index in [-0.39, 0.29) is 19.1 Å². The third kappa shape index (κ3) is 5.08. The van der Waals surface area contributed by atoms with Gasteiger partial charge in [-0.25, -0.2) is 0 Å². The number of benzene rings is 2. The van der Waals surface area contributed by atoms with E-state index < -0.39 is 0 Å². The average Bonchev–Trinajstić information content (AvgIpc) is 3.09. The molecule has 3 rings (SSSR count). The summed E-state index contributed by atoms with van der Waals surface area (Å²) in [6.07, 6.45) is 0. The Morgan fingerprint density at radius 2 is 1.96 bits per heavy atom. The Hall–Kier alpha value is -2.38. The van der Waals surface area contributed by atoms with E-state index in [0.29, 0.717) is 27.0 Å². The maximum atomic E-state index is 12.3. The Bertz CT molecular complexity index is 944. The molecule has 6 nitrogen and oxygen atoms in total. The molecule has 1 aromatic heterocycles. The first-order valence-electron chi connectivity index (χ1n) is 8.13. The number of ether oxygens (including phenoxy) is 1. The van der Waals surface area contributed by atoms with Crippen molar-refractivity contribution in [3.63, 3.8) is 0 Å². The highest BCUT2D eigenvalue weighted by Gasteiger charge is 2.15. The van der Waals surface area contributed by atoms with Crippen molar-refractivity contribution in [2.45, 2.75) is 13.5 Å². The van der Waals surface area contributed by atoms with Crippen LogP contribution in [0.5, 0.6) is 5.75 Å². The third-order valence-corrected chi connectivity index (χ3v) is 4.66. The predicted molar refractivity (Wildman–Crippen MR) is 106 cm³/mol. The summed E-state index contributed by atoms with van der Waals surface area (Å²) in [4.78, 5) is 13.8. The maximum Gasteiger partial charge on any atom is 0.260 e. The summed E-state index contributed by atoms with van der Waals surface area (Å²) in [6, 6.07) is 12.9. The Morgan fingerprint density at radius 3 is 2.67 bits per heavy atom. The lowest BCUT2D eigenvalue weighted by Crippen LogP contribution is -2.31. The van der Waals surface area contributed by atoms with Gasteiger partial charge in [0.05, 0.1) is 11.0 Å². The number of carbonyl (C=O) groups is 1. The highest BCUT2D eigenvalue weighted by atomic mass is 79.9. The standard InChI is InChI=1S/C19H17BrClN3O3/c1-12-3-5-13(6-4-12)19-23-22-17(27-19)10-24(2)18(25)11-26-16-8-7-14(21)9-15(16)20/h3-9H,10-11H2,1-2H3. The highest BCUT2D eigenvalue weighted by Crippen LogP contribution is 2.28. The number of carbonyl (C=O) groups excluding carboxylic acids is 1. The van der Waals surface area contributed by atoms with Crippen LogP contribution in [0.1, 0.15) is 11.5 Å². The molecule has 1 heterocycles. The van der Waals surface area contributed by atoms with E-state index in [1.54, 1.807) is 25.2 Å². The molecule has 0 saturated carbocycles. The van der Waals surface area contributed by atoms with Crippen molar-refractivity contribution in [2.24, 2.45) is 0 Å². The fraction of sp³-hybridized carbons (Fsp3) is 0.211.